The highest BCUT2D eigenvalue weighted by Gasteiger charge is 2.29. The van der Waals surface area contributed by atoms with Gasteiger partial charge in [-0.2, -0.15) is 4.31 Å². The third kappa shape index (κ3) is 6.30. The number of sulfonamides is 1. The zero-order valence-electron chi connectivity index (χ0n) is 16.8. The quantitative estimate of drug-likeness (QED) is 0.652. The molecular weight excluding hydrogens is 362 g/mol. The third-order valence-electron chi connectivity index (χ3n) is 5.17. The summed E-state index contributed by atoms with van der Waals surface area (Å²) in [7, 11) is -3.47. The molecule has 0 radical (unpaired) electrons. The molecular formula is C20H33N3O3S. The lowest BCUT2D eigenvalue weighted by Crippen LogP contribution is -2.51. The van der Waals surface area contributed by atoms with Crippen LogP contribution >= 0.6 is 0 Å². The molecule has 6 nitrogen and oxygen atoms in total. The molecule has 1 N–H and O–H groups in total. The number of benzene rings is 1. The van der Waals surface area contributed by atoms with Gasteiger partial charge in [-0.05, 0) is 43.5 Å². The molecule has 0 bridgehead atoms. The normalized spacial score (nSPS) is 16.4. The van der Waals surface area contributed by atoms with Crippen molar-refractivity contribution in [1.82, 2.24) is 14.5 Å². The number of piperazine rings is 1. The topological polar surface area (TPSA) is 69.7 Å². The maximum atomic E-state index is 12.8. The van der Waals surface area contributed by atoms with Gasteiger partial charge in [-0.3, -0.25) is 9.69 Å². The molecule has 1 aromatic rings. The minimum Gasteiger partial charge on any atom is -0.355 e. The number of rotatable bonds is 9. The van der Waals surface area contributed by atoms with Crippen molar-refractivity contribution in [2.24, 2.45) is 0 Å². The largest absolute Gasteiger partial charge is 0.355 e. The molecule has 2 rings (SSSR count). The van der Waals surface area contributed by atoms with E-state index in [0.717, 1.165) is 30.5 Å². The average molecular weight is 396 g/mol. The van der Waals surface area contributed by atoms with Crippen LogP contribution in [-0.4, -0.2) is 62.8 Å². The Bertz CT molecular complexity index is 726. The van der Waals surface area contributed by atoms with Gasteiger partial charge < -0.3 is 5.32 Å². The Balaban J connectivity index is 1.80. The molecule has 1 amide bonds. The van der Waals surface area contributed by atoms with Crippen LogP contribution < -0.4 is 5.32 Å². The van der Waals surface area contributed by atoms with E-state index < -0.39 is 10.0 Å². The number of hydrogen-bond acceptors (Lipinski definition) is 4. The number of unbranched alkanes of at least 4 members (excludes halogenated alkanes) is 3. The fraction of sp³-hybridized carbons (Fsp3) is 0.650. The zero-order chi connectivity index (χ0) is 19.9. The first-order valence-electron chi connectivity index (χ1n) is 9.91. The van der Waals surface area contributed by atoms with E-state index in [2.05, 4.69) is 12.2 Å². The van der Waals surface area contributed by atoms with Gasteiger partial charge in [0.15, 0.2) is 0 Å². The van der Waals surface area contributed by atoms with Gasteiger partial charge in [-0.1, -0.05) is 32.3 Å². The molecule has 0 aromatic heterocycles. The van der Waals surface area contributed by atoms with E-state index in [-0.39, 0.29) is 5.91 Å². The molecule has 27 heavy (non-hydrogen) atoms. The Hall–Kier alpha value is -1.44. The summed E-state index contributed by atoms with van der Waals surface area (Å²) in [5.74, 6) is 0.0250. The van der Waals surface area contributed by atoms with Gasteiger partial charge in [0.1, 0.15) is 0 Å². The SMILES string of the molecule is CCCCCCNC(=O)CN1CCN(S(=O)(=O)c2ccc(C)c(C)c2)CC1. The highest BCUT2D eigenvalue weighted by Crippen LogP contribution is 2.20. The van der Waals surface area contributed by atoms with Crippen LogP contribution in [-0.2, 0) is 14.8 Å². The van der Waals surface area contributed by atoms with Crippen LogP contribution in [0.2, 0.25) is 0 Å². The summed E-state index contributed by atoms with van der Waals surface area (Å²) < 4.78 is 27.2. The highest BCUT2D eigenvalue weighted by atomic mass is 32.2. The van der Waals surface area contributed by atoms with Crippen LogP contribution in [0, 0.1) is 13.8 Å². The molecule has 1 aromatic carbocycles. The Kier molecular flexibility index (Phi) is 8.26. The molecule has 1 aliphatic heterocycles. The molecule has 1 heterocycles. The van der Waals surface area contributed by atoms with E-state index in [9.17, 15) is 13.2 Å². The minimum atomic E-state index is -3.47. The van der Waals surface area contributed by atoms with Crippen LogP contribution in [0.3, 0.4) is 0 Å². The number of amides is 1. The summed E-state index contributed by atoms with van der Waals surface area (Å²) in [6.07, 6.45) is 4.55. The van der Waals surface area contributed by atoms with Gasteiger partial charge in [0.2, 0.25) is 15.9 Å². The standard InChI is InChI=1S/C20H33N3O3S/c1-4-5-6-7-10-21-20(24)16-22-11-13-23(14-12-22)27(25,26)19-9-8-17(2)18(3)15-19/h8-9,15H,4-7,10-14,16H2,1-3H3,(H,21,24). The van der Waals surface area contributed by atoms with Crippen LogP contribution in [0.5, 0.6) is 0 Å². The minimum absolute atomic E-state index is 0.0250. The molecule has 0 atom stereocenters. The van der Waals surface area contributed by atoms with E-state index in [1.807, 2.05) is 24.8 Å². The maximum absolute atomic E-state index is 12.8. The van der Waals surface area contributed by atoms with Crippen molar-refractivity contribution in [2.75, 3.05) is 39.3 Å². The van der Waals surface area contributed by atoms with Gasteiger partial charge in [0, 0.05) is 32.7 Å². The lowest BCUT2D eigenvalue weighted by Gasteiger charge is -2.33. The first-order chi connectivity index (χ1) is 12.8. The van der Waals surface area contributed by atoms with Crippen LogP contribution in [0.1, 0.15) is 43.7 Å². The van der Waals surface area contributed by atoms with Crippen molar-refractivity contribution in [3.8, 4) is 0 Å². The monoisotopic (exact) mass is 395 g/mol. The van der Waals surface area contributed by atoms with E-state index >= 15 is 0 Å². The van der Waals surface area contributed by atoms with Crippen molar-refractivity contribution in [3.63, 3.8) is 0 Å². The smallest absolute Gasteiger partial charge is 0.243 e. The first kappa shape index (κ1) is 21.9. The van der Waals surface area contributed by atoms with E-state index in [0.29, 0.717) is 37.6 Å². The predicted octanol–water partition coefficient (Wildman–Crippen LogP) is 2.31. The Morgan fingerprint density at radius 3 is 2.37 bits per heavy atom. The maximum Gasteiger partial charge on any atom is 0.243 e. The Morgan fingerprint density at radius 1 is 1.04 bits per heavy atom. The number of hydrogen-bond donors (Lipinski definition) is 1. The fourth-order valence-electron chi connectivity index (χ4n) is 3.19. The second-order valence-electron chi connectivity index (χ2n) is 7.34. The van der Waals surface area contributed by atoms with E-state index in [1.54, 1.807) is 12.1 Å². The molecule has 0 saturated carbocycles. The van der Waals surface area contributed by atoms with Crippen molar-refractivity contribution < 1.29 is 13.2 Å². The average Bonchev–Trinajstić information content (AvgIpc) is 2.64. The second kappa shape index (κ2) is 10.2. The van der Waals surface area contributed by atoms with Crippen molar-refractivity contribution in [3.05, 3.63) is 29.3 Å². The van der Waals surface area contributed by atoms with Crippen molar-refractivity contribution in [1.29, 1.82) is 0 Å². The summed E-state index contributed by atoms with van der Waals surface area (Å²) >= 11 is 0. The number of carbonyl (C=O) groups is 1. The Morgan fingerprint density at radius 2 is 1.74 bits per heavy atom. The molecule has 152 valence electrons. The molecule has 7 heteroatoms. The lowest BCUT2D eigenvalue weighted by molar-refractivity contribution is -0.122. The summed E-state index contributed by atoms with van der Waals surface area (Å²) in [4.78, 5) is 14.4. The fourth-order valence-corrected chi connectivity index (χ4v) is 4.70. The van der Waals surface area contributed by atoms with Crippen molar-refractivity contribution >= 4 is 15.9 Å². The van der Waals surface area contributed by atoms with Crippen LogP contribution in [0.25, 0.3) is 0 Å². The number of nitrogens with one attached hydrogen (secondary N) is 1. The summed E-state index contributed by atoms with van der Waals surface area (Å²) in [6, 6.07) is 5.27. The Labute approximate surface area is 164 Å². The molecule has 0 aliphatic carbocycles. The van der Waals surface area contributed by atoms with E-state index in [1.165, 1.54) is 17.1 Å². The first-order valence-corrected chi connectivity index (χ1v) is 11.3. The third-order valence-corrected chi connectivity index (χ3v) is 7.06. The highest BCUT2D eigenvalue weighted by molar-refractivity contribution is 7.89. The van der Waals surface area contributed by atoms with Gasteiger partial charge in [0.05, 0.1) is 11.4 Å². The molecule has 1 saturated heterocycles. The zero-order valence-corrected chi connectivity index (χ0v) is 17.6. The summed E-state index contributed by atoms with van der Waals surface area (Å²) in [5.41, 5.74) is 2.06. The van der Waals surface area contributed by atoms with E-state index in [4.69, 9.17) is 0 Å². The molecule has 1 aliphatic rings. The molecule has 0 unspecified atom stereocenters. The second-order valence-corrected chi connectivity index (χ2v) is 9.27. The van der Waals surface area contributed by atoms with Crippen LogP contribution in [0.15, 0.2) is 23.1 Å². The number of carbonyl (C=O) groups excluding carboxylic acids is 1. The lowest BCUT2D eigenvalue weighted by atomic mass is 10.1. The van der Waals surface area contributed by atoms with Crippen molar-refractivity contribution in [2.45, 2.75) is 51.3 Å². The predicted molar refractivity (Wildman–Crippen MR) is 108 cm³/mol. The van der Waals surface area contributed by atoms with Gasteiger partial charge in [-0.25, -0.2) is 8.42 Å². The molecule has 0 spiro atoms. The van der Waals surface area contributed by atoms with Gasteiger partial charge >= 0.3 is 0 Å². The van der Waals surface area contributed by atoms with Gasteiger partial charge in [0.25, 0.3) is 0 Å². The summed E-state index contributed by atoms with van der Waals surface area (Å²) in [6.45, 7) is 9.11. The molecule has 1 fully saturated rings. The van der Waals surface area contributed by atoms with Crippen LogP contribution in [0.4, 0.5) is 0 Å². The summed E-state index contributed by atoms with van der Waals surface area (Å²) in [5, 5.41) is 2.96. The number of nitrogens with zero attached hydrogens (tertiary/aromatic N) is 2. The number of aryl methyl sites for hydroxylation is 2. The van der Waals surface area contributed by atoms with Gasteiger partial charge in [-0.15, -0.1) is 0 Å².